The van der Waals surface area contributed by atoms with Crippen molar-refractivity contribution in [2.45, 2.75) is 36.6 Å². The quantitative estimate of drug-likeness (QED) is 0.778. The first kappa shape index (κ1) is 20.8. The summed E-state index contributed by atoms with van der Waals surface area (Å²) >= 11 is 0. The SMILES string of the molecule is Cl.NCCC(=O)NCC1CCCCN1S(=O)(=O)c1cccc(F)c1. The second-order valence-corrected chi connectivity index (χ2v) is 7.46. The molecule has 1 saturated heterocycles. The fourth-order valence-corrected chi connectivity index (χ4v) is 4.43. The van der Waals surface area contributed by atoms with Gasteiger partial charge in [-0.25, -0.2) is 12.8 Å². The van der Waals surface area contributed by atoms with Gasteiger partial charge in [0.15, 0.2) is 0 Å². The molecule has 1 fully saturated rings. The van der Waals surface area contributed by atoms with Crippen LogP contribution < -0.4 is 11.1 Å². The summed E-state index contributed by atoms with van der Waals surface area (Å²) in [6.07, 6.45) is 2.52. The number of carbonyl (C=O) groups is 1. The lowest BCUT2D eigenvalue weighted by Gasteiger charge is -2.34. The molecule has 9 heteroatoms. The Kier molecular flexibility index (Phi) is 8.08. The zero-order valence-corrected chi connectivity index (χ0v) is 14.9. The molecule has 1 atom stereocenters. The van der Waals surface area contributed by atoms with Crippen molar-refractivity contribution in [1.29, 1.82) is 0 Å². The molecule has 1 aromatic rings. The Labute approximate surface area is 148 Å². The minimum atomic E-state index is -3.78. The van der Waals surface area contributed by atoms with Crippen molar-refractivity contribution in [1.82, 2.24) is 9.62 Å². The van der Waals surface area contributed by atoms with Crippen molar-refractivity contribution in [3.05, 3.63) is 30.1 Å². The highest BCUT2D eigenvalue weighted by atomic mass is 35.5. The van der Waals surface area contributed by atoms with Gasteiger partial charge in [-0.3, -0.25) is 4.79 Å². The first-order valence-corrected chi connectivity index (χ1v) is 9.13. The molecule has 1 amide bonds. The van der Waals surface area contributed by atoms with Crippen molar-refractivity contribution < 1.29 is 17.6 Å². The number of halogens is 2. The molecule has 1 heterocycles. The van der Waals surface area contributed by atoms with Crippen LogP contribution >= 0.6 is 12.4 Å². The van der Waals surface area contributed by atoms with Gasteiger partial charge in [-0.1, -0.05) is 12.5 Å². The van der Waals surface area contributed by atoms with Crippen LogP contribution in [0.1, 0.15) is 25.7 Å². The van der Waals surface area contributed by atoms with Gasteiger partial charge < -0.3 is 11.1 Å². The number of amides is 1. The number of hydrogen-bond donors (Lipinski definition) is 2. The molecule has 0 radical (unpaired) electrons. The number of nitrogens with one attached hydrogen (secondary N) is 1. The summed E-state index contributed by atoms with van der Waals surface area (Å²) in [5.74, 6) is -0.781. The van der Waals surface area contributed by atoms with E-state index >= 15 is 0 Å². The van der Waals surface area contributed by atoms with Crippen molar-refractivity contribution in [3.8, 4) is 0 Å². The maximum atomic E-state index is 13.3. The smallest absolute Gasteiger partial charge is 0.243 e. The van der Waals surface area contributed by atoms with Gasteiger partial charge in [0, 0.05) is 32.1 Å². The van der Waals surface area contributed by atoms with E-state index in [0.29, 0.717) is 13.0 Å². The van der Waals surface area contributed by atoms with Crippen LogP contribution in [0.2, 0.25) is 0 Å². The molecule has 24 heavy (non-hydrogen) atoms. The second-order valence-electron chi connectivity index (χ2n) is 5.57. The standard InChI is InChI=1S/C15H22FN3O3S.ClH/c16-12-4-3-6-14(10-12)23(21,22)19-9-2-1-5-13(19)11-18-15(20)7-8-17;/h3-4,6,10,13H,1-2,5,7-9,11,17H2,(H,18,20);1H. The molecule has 0 saturated carbocycles. The normalized spacial score (nSPS) is 18.7. The van der Waals surface area contributed by atoms with Gasteiger partial charge in [0.2, 0.25) is 15.9 Å². The van der Waals surface area contributed by atoms with Gasteiger partial charge in [0.05, 0.1) is 4.90 Å². The van der Waals surface area contributed by atoms with E-state index in [9.17, 15) is 17.6 Å². The molecular weight excluding hydrogens is 357 g/mol. The minimum absolute atomic E-state index is 0. The maximum absolute atomic E-state index is 13.3. The average molecular weight is 380 g/mol. The third-order valence-corrected chi connectivity index (χ3v) is 5.83. The van der Waals surface area contributed by atoms with Crippen molar-refractivity contribution in [2.24, 2.45) is 5.73 Å². The highest BCUT2D eigenvalue weighted by Crippen LogP contribution is 2.25. The Bertz CT molecular complexity index is 657. The molecular formula is C15H23ClFN3O3S. The molecule has 3 N–H and O–H groups in total. The summed E-state index contributed by atoms with van der Waals surface area (Å²) in [5.41, 5.74) is 5.32. The van der Waals surface area contributed by atoms with Crippen LogP contribution in [0, 0.1) is 5.82 Å². The summed E-state index contributed by atoms with van der Waals surface area (Å²) in [4.78, 5) is 11.5. The Morgan fingerprint density at radius 2 is 2.12 bits per heavy atom. The van der Waals surface area contributed by atoms with E-state index in [1.165, 1.54) is 22.5 Å². The second kappa shape index (κ2) is 9.31. The van der Waals surface area contributed by atoms with Crippen LogP contribution in [0.3, 0.4) is 0 Å². The molecule has 0 aliphatic carbocycles. The van der Waals surface area contributed by atoms with Gasteiger partial charge in [-0.15, -0.1) is 12.4 Å². The predicted molar refractivity (Wildman–Crippen MR) is 91.9 cm³/mol. The average Bonchev–Trinajstić information content (AvgIpc) is 2.53. The third-order valence-electron chi connectivity index (χ3n) is 3.88. The highest BCUT2D eigenvalue weighted by molar-refractivity contribution is 7.89. The number of piperidine rings is 1. The molecule has 1 aromatic carbocycles. The van der Waals surface area contributed by atoms with Crippen LogP contribution in [0.15, 0.2) is 29.2 Å². The molecule has 136 valence electrons. The van der Waals surface area contributed by atoms with E-state index in [-0.39, 0.29) is 48.8 Å². The lowest BCUT2D eigenvalue weighted by atomic mass is 10.1. The van der Waals surface area contributed by atoms with Crippen LogP contribution in [0.5, 0.6) is 0 Å². The van der Waals surface area contributed by atoms with Crippen LogP contribution in [-0.4, -0.2) is 44.3 Å². The van der Waals surface area contributed by atoms with E-state index in [0.717, 1.165) is 18.9 Å². The number of hydrogen-bond acceptors (Lipinski definition) is 4. The zero-order valence-electron chi connectivity index (χ0n) is 13.3. The number of nitrogens with zero attached hydrogens (tertiary/aromatic N) is 1. The van der Waals surface area contributed by atoms with Gasteiger partial charge >= 0.3 is 0 Å². The number of benzene rings is 1. The van der Waals surface area contributed by atoms with Crippen LogP contribution in [0.4, 0.5) is 4.39 Å². The number of rotatable bonds is 6. The fraction of sp³-hybridized carbons (Fsp3) is 0.533. The van der Waals surface area contributed by atoms with E-state index in [4.69, 9.17) is 5.73 Å². The monoisotopic (exact) mass is 379 g/mol. The lowest BCUT2D eigenvalue weighted by molar-refractivity contribution is -0.121. The molecule has 0 aromatic heterocycles. The molecule has 1 unspecified atom stereocenters. The van der Waals surface area contributed by atoms with E-state index in [1.807, 2.05) is 0 Å². The lowest BCUT2D eigenvalue weighted by Crippen LogP contribution is -2.49. The summed E-state index contributed by atoms with van der Waals surface area (Å²) < 4.78 is 40.2. The Hall–Kier alpha value is -1.22. The maximum Gasteiger partial charge on any atom is 0.243 e. The first-order valence-electron chi connectivity index (χ1n) is 7.69. The van der Waals surface area contributed by atoms with E-state index < -0.39 is 15.8 Å². The predicted octanol–water partition coefficient (Wildman–Crippen LogP) is 1.26. The molecule has 2 rings (SSSR count). The van der Waals surface area contributed by atoms with Gasteiger partial charge in [0.25, 0.3) is 0 Å². The van der Waals surface area contributed by atoms with Gasteiger partial charge in [-0.2, -0.15) is 4.31 Å². The zero-order chi connectivity index (χ0) is 16.9. The van der Waals surface area contributed by atoms with Crippen molar-refractivity contribution in [2.75, 3.05) is 19.6 Å². The number of nitrogens with two attached hydrogens (primary N) is 1. The van der Waals surface area contributed by atoms with E-state index in [1.54, 1.807) is 0 Å². The Morgan fingerprint density at radius 3 is 2.79 bits per heavy atom. The van der Waals surface area contributed by atoms with Crippen molar-refractivity contribution in [3.63, 3.8) is 0 Å². The largest absolute Gasteiger partial charge is 0.354 e. The number of carbonyl (C=O) groups excluding carboxylic acids is 1. The van der Waals surface area contributed by atoms with Gasteiger partial charge in [-0.05, 0) is 31.0 Å². The van der Waals surface area contributed by atoms with Crippen LogP contribution in [0.25, 0.3) is 0 Å². The van der Waals surface area contributed by atoms with Crippen LogP contribution in [-0.2, 0) is 14.8 Å². The molecule has 6 nitrogen and oxygen atoms in total. The minimum Gasteiger partial charge on any atom is -0.354 e. The summed E-state index contributed by atoms with van der Waals surface area (Å²) in [6, 6.07) is 4.67. The highest BCUT2D eigenvalue weighted by Gasteiger charge is 2.33. The molecule has 0 spiro atoms. The molecule has 1 aliphatic heterocycles. The molecule has 1 aliphatic rings. The van der Waals surface area contributed by atoms with E-state index in [2.05, 4.69) is 5.32 Å². The Morgan fingerprint density at radius 1 is 1.38 bits per heavy atom. The fourth-order valence-electron chi connectivity index (χ4n) is 2.71. The summed E-state index contributed by atoms with van der Waals surface area (Å²) in [6.45, 7) is 0.867. The summed E-state index contributed by atoms with van der Waals surface area (Å²) in [5, 5.41) is 2.72. The van der Waals surface area contributed by atoms with Gasteiger partial charge in [0.1, 0.15) is 5.82 Å². The molecule has 0 bridgehead atoms. The first-order chi connectivity index (χ1) is 10.9. The number of sulfonamides is 1. The summed E-state index contributed by atoms with van der Waals surface area (Å²) in [7, 11) is -3.78. The topological polar surface area (TPSA) is 92.5 Å². The third kappa shape index (κ3) is 5.14. The Balaban J connectivity index is 0.00000288. The van der Waals surface area contributed by atoms with Crippen molar-refractivity contribution >= 4 is 28.3 Å².